The summed E-state index contributed by atoms with van der Waals surface area (Å²) in [6, 6.07) is 10.1. The van der Waals surface area contributed by atoms with E-state index in [1.807, 2.05) is 0 Å². The highest BCUT2D eigenvalue weighted by molar-refractivity contribution is 9.10. The van der Waals surface area contributed by atoms with Crippen molar-refractivity contribution in [2.45, 2.75) is 0 Å². The first-order valence-corrected chi connectivity index (χ1v) is 8.78. The van der Waals surface area contributed by atoms with E-state index in [0.29, 0.717) is 10.0 Å². The van der Waals surface area contributed by atoms with Gasteiger partial charge in [-0.2, -0.15) is 0 Å². The molecule has 0 atom stereocenters. The quantitative estimate of drug-likeness (QED) is 0.846. The lowest BCUT2D eigenvalue weighted by Crippen LogP contribution is -2.16. The average molecular weight is 387 g/mol. The van der Waals surface area contributed by atoms with Gasteiger partial charge in [-0.05, 0) is 46.3 Å². The van der Waals surface area contributed by atoms with E-state index < -0.39 is 21.7 Å². The Balaban J connectivity index is 2.34. The molecule has 0 aliphatic rings. The molecule has 0 saturated heterocycles. The van der Waals surface area contributed by atoms with E-state index in [0.717, 1.165) is 18.4 Å². The van der Waals surface area contributed by atoms with Gasteiger partial charge < -0.3 is 5.32 Å². The van der Waals surface area contributed by atoms with Crippen LogP contribution in [0.4, 0.5) is 15.8 Å². The first-order valence-electron chi connectivity index (χ1n) is 6.09. The molecule has 22 heavy (non-hydrogen) atoms. The van der Waals surface area contributed by atoms with Gasteiger partial charge in [-0.1, -0.05) is 12.1 Å². The summed E-state index contributed by atoms with van der Waals surface area (Å²) >= 11 is 3.25. The van der Waals surface area contributed by atoms with Gasteiger partial charge >= 0.3 is 0 Å². The molecule has 0 aliphatic heterocycles. The molecule has 0 radical (unpaired) electrons. The molecule has 8 heteroatoms. The Morgan fingerprint density at radius 3 is 2.45 bits per heavy atom. The Bertz CT molecular complexity index is 825. The monoisotopic (exact) mass is 386 g/mol. The molecular formula is C14H12BrFN2O3S. The fraction of sp³-hybridized carbons (Fsp3) is 0.0714. The predicted molar refractivity (Wildman–Crippen MR) is 87.0 cm³/mol. The van der Waals surface area contributed by atoms with Crippen molar-refractivity contribution in [3.05, 3.63) is 58.3 Å². The SMILES string of the molecule is CS(=O)(=O)Nc1ccc(F)cc1NC(=O)c1ccccc1Br. The van der Waals surface area contributed by atoms with Crippen LogP contribution in [0, 0.1) is 5.82 Å². The van der Waals surface area contributed by atoms with Gasteiger partial charge in [0, 0.05) is 4.47 Å². The number of anilines is 2. The molecule has 2 rings (SSSR count). The normalized spacial score (nSPS) is 11.0. The van der Waals surface area contributed by atoms with E-state index in [1.54, 1.807) is 24.3 Å². The third-order valence-corrected chi connectivity index (χ3v) is 3.93. The molecule has 2 aromatic carbocycles. The van der Waals surface area contributed by atoms with Crippen molar-refractivity contribution in [2.75, 3.05) is 16.3 Å². The molecule has 0 aromatic heterocycles. The zero-order valence-electron chi connectivity index (χ0n) is 11.4. The summed E-state index contributed by atoms with van der Waals surface area (Å²) in [6.45, 7) is 0. The number of rotatable bonds is 4. The predicted octanol–water partition coefficient (Wildman–Crippen LogP) is 3.21. The summed E-state index contributed by atoms with van der Waals surface area (Å²) in [6.07, 6.45) is 0.968. The van der Waals surface area contributed by atoms with Gasteiger partial charge in [0.05, 0.1) is 23.2 Å². The van der Waals surface area contributed by atoms with Crippen molar-refractivity contribution in [1.29, 1.82) is 0 Å². The van der Waals surface area contributed by atoms with Crippen LogP contribution in [0.15, 0.2) is 46.9 Å². The van der Waals surface area contributed by atoms with Crippen LogP contribution in [0.2, 0.25) is 0 Å². The van der Waals surface area contributed by atoms with Crippen molar-refractivity contribution in [1.82, 2.24) is 0 Å². The lowest BCUT2D eigenvalue weighted by atomic mass is 10.2. The minimum Gasteiger partial charge on any atom is -0.320 e. The fourth-order valence-electron chi connectivity index (χ4n) is 1.74. The maximum atomic E-state index is 13.4. The summed E-state index contributed by atoms with van der Waals surface area (Å²) in [7, 11) is -3.55. The van der Waals surface area contributed by atoms with Crippen LogP contribution in [0.25, 0.3) is 0 Å². The lowest BCUT2D eigenvalue weighted by molar-refractivity contribution is 0.102. The van der Waals surface area contributed by atoms with Crippen molar-refractivity contribution in [3.8, 4) is 0 Å². The first kappa shape index (κ1) is 16.4. The van der Waals surface area contributed by atoms with Gasteiger partial charge in [-0.25, -0.2) is 12.8 Å². The van der Waals surface area contributed by atoms with Gasteiger partial charge in [0.15, 0.2) is 0 Å². The molecule has 0 heterocycles. The van der Waals surface area contributed by atoms with E-state index in [4.69, 9.17) is 0 Å². The Morgan fingerprint density at radius 2 is 1.82 bits per heavy atom. The van der Waals surface area contributed by atoms with Crippen LogP contribution in [0.5, 0.6) is 0 Å². The van der Waals surface area contributed by atoms with Gasteiger partial charge in [0.1, 0.15) is 5.82 Å². The molecule has 2 aromatic rings. The molecule has 116 valence electrons. The number of carbonyl (C=O) groups is 1. The van der Waals surface area contributed by atoms with Gasteiger partial charge in [0.25, 0.3) is 5.91 Å². The maximum absolute atomic E-state index is 13.4. The average Bonchev–Trinajstić information content (AvgIpc) is 2.41. The molecule has 0 saturated carbocycles. The summed E-state index contributed by atoms with van der Waals surface area (Å²) in [5, 5.41) is 2.50. The molecule has 0 fully saturated rings. The molecular weight excluding hydrogens is 375 g/mol. The lowest BCUT2D eigenvalue weighted by Gasteiger charge is -2.12. The zero-order chi connectivity index (χ0) is 16.3. The number of carbonyl (C=O) groups excluding carboxylic acids is 1. The summed E-state index contributed by atoms with van der Waals surface area (Å²) in [5.74, 6) is -1.09. The molecule has 0 spiro atoms. The largest absolute Gasteiger partial charge is 0.320 e. The summed E-state index contributed by atoms with van der Waals surface area (Å²) in [4.78, 5) is 12.2. The third-order valence-electron chi connectivity index (χ3n) is 2.64. The highest BCUT2D eigenvalue weighted by Crippen LogP contribution is 2.25. The third kappa shape index (κ3) is 4.28. The number of hydrogen-bond acceptors (Lipinski definition) is 3. The van der Waals surface area contributed by atoms with Crippen LogP contribution in [-0.4, -0.2) is 20.6 Å². The number of amides is 1. The second kappa shape index (κ2) is 6.45. The van der Waals surface area contributed by atoms with Crippen molar-refractivity contribution < 1.29 is 17.6 Å². The van der Waals surface area contributed by atoms with Crippen LogP contribution in [0.1, 0.15) is 10.4 Å². The van der Waals surface area contributed by atoms with Crippen molar-refractivity contribution in [3.63, 3.8) is 0 Å². The maximum Gasteiger partial charge on any atom is 0.256 e. The number of hydrogen-bond donors (Lipinski definition) is 2. The Morgan fingerprint density at radius 1 is 1.14 bits per heavy atom. The standard InChI is InChI=1S/C14H12BrFN2O3S/c1-22(20,21)18-12-7-6-9(16)8-13(12)17-14(19)10-4-2-3-5-11(10)15/h2-8,18H,1H3,(H,17,19). The molecule has 0 aliphatic carbocycles. The molecule has 0 unspecified atom stereocenters. The number of nitrogens with one attached hydrogen (secondary N) is 2. The second-order valence-corrected chi connectivity index (χ2v) is 7.10. The molecule has 5 nitrogen and oxygen atoms in total. The van der Waals surface area contributed by atoms with Crippen LogP contribution < -0.4 is 10.0 Å². The number of sulfonamides is 1. The van der Waals surface area contributed by atoms with Crippen molar-refractivity contribution >= 4 is 43.2 Å². The second-order valence-electron chi connectivity index (χ2n) is 4.50. The van der Waals surface area contributed by atoms with Gasteiger partial charge in [-0.3, -0.25) is 9.52 Å². The Labute approximate surface area is 135 Å². The summed E-state index contributed by atoms with van der Waals surface area (Å²) < 4.78 is 38.8. The van der Waals surface area contributed by atoms with Gasteiger partial charge in [0.2, 0.25) is 10.0 Å². The van der Waals surface area contributed by atoms with E-state index in [-0.39, 0.29) is 11.4 Å². The molecule has 1 amide bonds. The Kier molecular flexibility index (Phi) is 4.82. The highest BCUT2D eigenvalue weighted by atomic mass is 79.9. The van der Waals surface area contributed by atoms with E-state index in [1.165, 1.54) is 6.07 Å². The number of benzene rings is 2. The Hall–Kier alpha value is -1.93. The van der Waals surface area contributed by atoms with E-state index in [9.17, 15) is 17.6 Å². The van der Waals surface area contributed by atoms with Crippen LogP contribution in [-0.2, 0) is 10.0 Å². The smallest absolute Gasteiger partial charge is 0.256 e. The topological polar surface area (TPSA) is 75.3 Å². The first-order chi connectivity index (χ1) is 10.3. The van der Waals surface area contributed by atoms with Gasteiger partial charge in [-0.15, -0.1) is 0 Å². The summed E-state index contributed by atoms with van der Waals surface area (Å²) in [5.41, 5.74) is 0.465. The number of halogens is 2. The molecule has 2 N–H and O–H groups in total. The highest BCUT2D eigenvalue weighted by Gasteiger charge is 2.14. The fourth-order valence-corrected chi connectivity index (χ4v) is 2.79. The van der Waals surface area contributed by atoms with Crippen LogP contribution >= 0.6 is 15.9 Å². The van der Waals surface area contributed by atoms with Crippen LogP contribution in [0.3, 0.4) is 0 Å². The molecule has 0 bridgehead atoms. The minimum atomic E-state index is -3.55. The zero-order valence-corrected chi connectivity index (χ0v) is 13.8. The van der Waals surface area contributed by atoms with E-state index >= 15 is 0 Å². The minimum absolute atomic E-state index is 0.0335. The van der Waals surface area contributed by atoms with Crippen molar-refractivity contribution in [2.24, 2.45) is 0 Å². The van der Waals surface area contributed by atoms with E-state index in [2.05, 4.69) is 26.0 Å².